The van der Waals surface area contributed by atoms with E-state index in [-0.39, 0.29) is 49.2 Å². The summed E-state index contributed by atoms with van der Waals surface area (Å²) in [6.45, 7) is 4.72. The van der Waals surface area contributed by atoms with E-state index in [9.17, 15) is 26.3 Å². The fourth-order valence-electron chi connectivity index (χ4n) is 5.36. The highest BCUT2D eigenvalue weighted by molar-refractivity contribution is 5.96. The van der Waals surface area contributed by atoms with Gasteiger partial charge in [0.1, 0.15) is 35.0 Å². The van der Waals surface area contributed by atoms with Crippen LogP contribution in [0.4, 0.5) is 42.2 Å². The highest BCUT2D eigenvalue weighted by Crippen LogP contribution is 2.44. The minimum Gasteiger partial charge on any atom is -0.474 e. The third-order valence-electron chi connectivity index (χ3n) is 7.58. The second-order valence-electron chi connectivity index (χ2n) is 11.2. The minimum absolute atomic E-state index is 0.00974. The number of nitrogens with two attached hydrogens (primary N) is 1. The van der Waals surface area contributed by atoms with Gasteiger partial charge in [-0.05, 0) is 51.8 Å². The van der Waals surface area contributed by atoms with Gasteiger partial charge in [-0.15, -0.1) is 0 Å². The Hall–Kier alpha value is -3.66. The Morgan fingerprint density at radius 2 is 1.91 bits per heavy atom. The molecule has 9 nitrogen and oxygen atoms in total. The van der Waals surface area contributed by atoms with E-state index in [1.807, 2.05) is 6.92 Å². The molecule has 4 N–H and O–H groups in total. The van der Waals surface area contributed by atoms with Gasteiger partial charge in [0.25, 0.3) is 5.92 Å². The van der Waals surface area contributed by atoms with Gasteiger partial charge in [-0.1, -0.05) is 0 Å². The lowest BCUT2D eigenvalue weighted by atomic mass is 9.96. The maximum Gasteiger partial charge on any atom is 0.417 e. The average Bonchev–Trinajstić information content (AvgIpc) is 2.95. The molecule has 0 saturated carbocycles. The zero-order valence-electron chi connectivity index (χ0n) is 24.2. The molecule has 1 saturated heterocycles. The molecular weight excluding hydrogens is 599 g/mol. The number of halogens is 7. The molecule has 0 bridgehead atoms. The van der Waals surface area contributed by atoms with Crippen molar-refractivity contribution in [2.45, 2.75) is 64.3 Å². The Labute approximate surface area is 248 Å². The van der Waals surface area contributed by atoms with Crippen molar-refractivity contribution in [3.63, 3.8) is 0 Å². The molecule has 2 aromatic heterocycles. The summed E-state index contributed by atoms with van der Waals surface area (Å²) in [4.78, 5) is 14.0. The van der Waals surface area contributed by atoms with E-state index < -0.39 is 76.0 Å². The summed E-state index contributed by atoms with van der Waals surface area (Å²) in [5, 5.41) is 6.29. The van der Waals surface area contributed by atoms with Crippen molar-refractivity contribution < 1.29 is 40.2 Å². The summed E-state index contributed by atoms with van der Waals surface area (Å²) in [6, 6.07) is 0.166. The molecule has 0 amide bonds. The second kappa shape index (κ2) is 12.0. The van der Waals surface area contributed by atoms with E-state index in [0.29, 0.717) is 25.6 Å². The minimum atomic E-state index is -5.10. The third kappa shape index (κ3) is 6.55. The van der Waals surface area contributed by atoms with Crippen LogP contribution in [0.2, 0.25) is 0 Å². The molecule has 1 unspecified atom stereocenters. The average molecular weight is 632 g/mol. The van der Waals surface area contributed by atoms with Crippen LogP contribution in [-0.2, 0) is 6.18 Å². The van der Waals surface area contributed by atoms with E-state index >= 15 is 4.39 Å². The van der Waals surface area contributed by atoms with Crippen molar-refractivity contribution in [3.05, 3.63) is 28.8 Å². The number of nitrogens with one attached hydrogen (secondary N) is 2. The van der Waals surface area contributed by atoms with E-state index in [0.717, 1.165) is 6.92 Å². The number of benzene rings is 1. The van der Waals surface area contributed by atoms with Crippen LogP contribution in [-0.4, -0.2) is 70.8 Å². The summed E-state index contributed by atoms with van der Waals surface area (Å²) in [6.07, 6.45) is -5.19. The normalized spacial score (nSPS) is 21.3. The van der Waals surface area contributed by atoms with Crippen molar-refractivity contribution in [1.29, 1.82) is 0 Å². The predicted molar refractivity (Wildman–Crippen MR) is 149 cm³/mol. The zero-order valence-corrected chi connectivity index (χ0v) is 24.2. The van der Waals surface area contributed by atoms with Crippen LogP contribution < -0.4 is 25.8 Å². The van der Waals surface area contributed by atoms with Crippen LogP contribution in [0.5, 0.6) is 11.9 Å². The molecule has 240 valence electrons. The van der Waals surface area contributed by atoms with Crippen molar-refractivity contribution in [2.75, 3.05) is 44.0 Å². The number of anilines is 2. The van der Waals surface area contributed by atoms with Gasteiger partial charge in [-0.2, -0.15) is 23.1 Å². The maximum atomic E-state index is 16.4. The maximum absolute atomic E-state index is 16.4. The number of rotatable bonds is 4. The molecule has 0 radical (unpaired) electrons. The lowest BCUT2D eigenvalue weighted by molar-refractivity contribution is -0.137. The lowest BCUT2D eigenvalue weighted by Crippen LogP contribution is -2.44. The van der Waals surface area contributed by atoms with Gasteiger partial charge in [0.2, 0.25) is 5.88 Å². The lowest BCUT2D eigenvalue weighted by Gasteiger charge is -2.31. The first-order chi connectivity index (χ1) is 20.6. The molecule has 2 aliphatic heterocycles. The third-order valence-corrected chi connectivity index (χ3v) is 7.58. The Kier molecular flexibility index (Phi) is 8.68. The second-order valence-corrected chi connectivity index (χ2v) is 11.2. The Morgan fingerprint density at radius 1 is 1.16 bits per heavy atom. The number of ether oxygens (including phenoxy) is 2. The molecule has 0 aliphatic carbocycles. The molecule has 1 fully saturated rings. The first kappa shape index (κ1) is 31.8. The molecule has 44 heavy (non-hydrogen) atoms. The highest BCUT2D eigenvalue weighted by atomic mass is 19.4. The largest absolute Gasteiger partial charge is 0.474 e. The Balaban J connectivity index is 1.72. The van der Waals surface area contributed by atoms with Gasteiger partial charge in [-0.25, -0.2) is 22.5 Å². The number of nitrogens with zero attached hydrogens (tertiary/aromatic N) is 4. The van der Waals surface area contributed by atoms with Crippen LogP contribution in [0.1, 0.15) is 44.2 Å². The van der Waals surface area contributed by atoms with Gasteiger partial charge in [0.05, 0.1) is 23.9 Å². The SMILES string of the molecule is Cc1c(F)c(N)cc(-c2nc3c4c(nc(OCN5CCCC(F)(F)C5)nc4c2F)NCC(C)NCC[C@H](C)O3)c1C(F)(F)F. The number of nitrogen functional groups attached to an aromatic ring is 1. The van der Waals surface area contributed by atoms with Crippen molar-refractivity contribution in [3.8, 4) is 23.1 Å². The van der Waals surface area contributed by atoms with Crippen molar-refractivity contribution >= 4 is 22.4 Å². The van der Waals surface area contributed by atoms with E-state index in [1.54, 1.807) is 6.92 Å². The summed E-state index contributed by atoms with van der Waals surface area (Å²) in [5.74, 6) is -5.75. The first-order valence-corrected chi connectivity index (χ1v) is 14.1. The zero-order chi connectivity index (χ0) is 32.0. The van der Waals surface area contributed by atoms with Gasteiger partial charge in [0, 0.05) is 31.1 Å². The summed E-state index contributed by atoms with van der Waals surface area (Å²) < 4.78 is 113. The number of hydrogen-bond donors (Lipinski definition) is 3. The molecule has 2 aliphatic rings. The van der Waals surface area contributed by atoms with Gasteiger partial charge < -0.3 is 25.8 Å². The van der Waals surface area contributed by atoms with Crippen molar-refractivity contribution in [1.82, 2.24) is 25.2 Å². The fourth-order valence-corrected chi connectivity index (χ4v) is 5.36. The van der Waals surface area contributed by atoms with E-state index in [2.05, 4.69) is 25.6 Å². The van der Waals surface area contributed by atoms with Gasteiger partial charge in [-0.3, -0.25) is 4.90 Å². The molecule has 5 rings (SSSR count). The van der Waals surface area contributed by atoms with Crippen molar-refractivity contribution in [2.24, 2.45) is 0 Å². The van der Waals surface area contributed by atoms with Crippen LogP contribution in [0.3, 0.4) is 0 Å². The molecule has 3 aromatic rings. The molecule has 16 heteroatoms. The Morgan fingerprint density at radius 3 is 2.61 bits per heavy atom. The van der Waals surface area contributed by atoms with E-state index in [1.165, 1.54) is 4.90 Å². The van der Waals surface area contributed by atoms with Crippen LogP contribution in [0.15, 0.2) is 6.07 Å². The smallest absolute Gasteiger partial charge is 0.417 e. The van der Waals surface area contributed by atoms with Crippen LogP contribution in [0, 0.1) is 18.6 Å². The quantitative estimate of drug-likeness (QED) is 0.254. The highest BCUT2D eigenvalue weighted by Gasteiger charge is 2.39. The molecule has 2 atom stereocenters. The van der Waals surface area contributed by atoms with Gasteiger partial charge in [0.15, 0.2) is 5.82 Å². The number of aromatic nitrogens is 3. The molecular formula is C28H32F7N7O2. The van der Waals surface area contributed by atoms with E-state index in [4.69, 9.17) is 15.2 Å². The summed E-state index contributed by atoms with van der Waals surface area (Å²) in [7, 11) is 0. The first-order valence-electron chi connectivity index (χ1n) is 14.1. The summed E-state index contributed by atoms with van der Waals surface area (Å²) in [5.41, 5.74) is 0.626. The number of hydrogen-bond acceptors (Lipinski definition) is 9. The fraction of sp³-hybridized carbons (Fsp3) is 0.536. The molecule has 1 aromatic carbocycles. The number of pyridine rings is 1. The Bertz CT molecular complexity index is 1550. The van der Waals surface area contributed by atoms with Crippen LogP contribution in [0.25, 0.3) is 22.2 Å². The standard InChI is InChI=1S/C28H32F7N7O2/c1-13-10-38-24-18-23(40-26(41-24)43-12-42-8-4-6-27(31,32)11-42)21(30)22(39-25(18)44-14(2)5-7-37-13)16-9-17(36)20(29)15(3)19(16)28(33,34)35/h9,13-14,37H,4-8,10-12,36H2,1-3H3,(H,38,40,41)/t13?,14-/m0/s1. The topological polar surface area (TPSA) is 110 Å². The van der Waals surface area contributed by atoms with Crippen LogP contribution >= 0.6 is 0 Å². The molecule has 4 heterocycles. The summed E-state index contributed by atoms with van der Waals surface area (Å²) >= 11 is 0. The predicted octanol–water partition coefficient (Wildman–Crippen LogP) is 5.51. The number of piperidine rings is 1. The van der Waals surface area contributed by atoms with Gasteiger partial charge >= 0.3 is 12.2 Å². The number of likely N-dealkylation sites (tertiary alicyclic amines) is 1. The molecule has 0 spiro atoms. The monoisotopic (exact) mass is 631 g/mol. The number of alkyl halides is 5.